The average molecular weight is 346 g/mol. The van der Waals surface area contributed by atoms with Gasteiger partial charge in [-0.15, -0.1) is 0 Å². The van der Waals surface area contributed by atoms with E-state index < -0.39 is 5.97 Å². The van der Waals surface area contributed by atoms with Crippen LogP contribution in [0.5, 0.6) is 0 Å². The van der Waals surface area contributed by atoms with Crippen LogP contribution in [0.4, 0.5) is 5.69 Å². The van der Waals surface area contributed by atoms with Crippen LogP contribution in [-0.4, -0.2) is 29.4 Å². The van der Waals surface area contributed by atoms with E-state index in [0.717, 1.165) is 18.4 Å². The number of aryl methyl sites for hydroxylation is 1. The summed E-state index contributed by atoms with van der Waals surface area (Å²) < 4.78 is 0. The molecule has 0 unspecified atom stereocenters. The molecular weight excluding hydrogens is 320 g/mol. The van der Waals surface area contributed by atoms with Crippen molar-refractivity contribution in [1.29, 1.82) is 0 Å². The number of carbonyl (C=O) groups is 3. The molecule has 6 nitrogen and oxygen atoms in total. The van der Waals surface area contributed by atoms with Gasteiger partial charge < -0.3 is 15.7 Å². The van der Waals surface area contributed by atoms with Gasteiger partial charge in [-0.05, 0) is 42.9 Å². The van der Waals surface area contributed by atoms with E-state index >= 15 is 0 Å². The molecule has 1 aliphatic rings. The molecule has 1 aliphatic carbocycles. The van der Waals surface area contributed by atoms with Crippen molar-refractivity contribution < 1.29 is 19.5 Å². The summed E-state index contributed by atoms with van der Waals surface area (Å²) in [7, 11) is 0. The number of hydrogen-bond acceptors (Lipinski definition) is 3. The maximum atomic E-state index is 11.9. The lowest BCUT2D eigenvalue weighted by atomic mass is 9.87. The predicted octanol–water partition coefficient (Wildman–Crippen LogP) is 2.73. The molecule has 0 radical (unpaired) electrons. The minimum absolute atomic E-state index is 0.0354. The molecule has 0 saturated heterocycles. The number of amides is 2. The minimum Gasteiger partial charge on any atom is -0.481 e. The second kappa shape index (κ2) is 9.81. The Labute approximate surface area is 148 Å². The SMILES string of the molecule is O=C(O)CCc1ccc(NC(=O)CNC(=O)CC2CCCCC2)cc1. The van der Waals surface area contributed by atoms with Crippen LogP contribution in [0.2, 0.25) is 0 Å². The van der Waals surface area contributed by atoms with Gasteiger partial charge in [0.2, 0.25) is 11.8 Å². The highest BCUT2D eigenvalue weighted by atomic mass is 16.4. The van der Waals surface area contributed by atoms with Crippen molar-refractivity contribution in [2.24, 2.45) is 5.92 Å². The second-order valence-electron chi connectivity index (χ2n) is 6.62. The van der Waals surface area contributed by atoms with E-state index in [0.29, 0.717) is 24.4 Å². The Balaban J connectivity index is 1.68. The highest BCUT2D eigenvalue weighted by molar-refractivity contribution is 5.94. The van der Waals surface area contributed by atoms with E-state index in [9.17, 15) is 14.4 Å². The Morgan fingerprint density at radius 2 is 1.68 bits per heavy atom. The first kappa shape index (κ1) is 19.0. The van der Waals surface area contributed by atoms with Gasteiger partial charge in [-0.1, -0.05) is 31.4 Å². The number of anilines is 1. The third kappa shape index (κ3) is 7.37. The predicted molar refractivity (Wildman–Crippen MR) is 95.2 cm³/mol. The van der Waals surface area contributed by atoms with Crippen LogP contribution in [0.25, 0.3) is 0 Å². The van der Waals surface area contributed by atoms with Gasteiger partial charge in [-0.3, -0.25) is 14.4 Å². The fraction of sp³-hybridized carbons (Fsp3) is 0.526. The standard InChI is InChI=1S/C19H26N2O4/c22-17(12-15-4-2-1-3-5-15)20-13-18(23)21-16-9-6-14(7-10-16)8-11-19(24)25/h6-7,9-10,15H,1-5,8,11-13H2,(H,20,22)(H,21,23)(H,24,25). The van der Waals surface area contributed by atoms with Crippen molar-refractivity contribution in [2.75, 3.05) is 11.9 Å². The molecule has 0 heterocycles. The largest absolute Gasteiger partial charge is 0.481 e. The molecule has 1 aromatic carbocycles. The molecule has 1 fully saturated rings. The van der Waals surface area contributed by atoms with E-state index in [-0.39, 0.29) is 24.8 Å². The summed E-state index contributed by atoms with van der Waals surface area (Å²) in [6.45, 7) is -0.0354. The number of carboxylic acid groups (broad SMARTS) is 1. The third-order valence-electron chi connectivity index (χ3n) is 4.51. The summed E-state index contributed by atoms with van der Waals surface area (Å²) in [6, 6.07) is 7.05. The molecule has 2 rings (SSSR count). The molecule has 136 valence electrons. The van der Waals surface area contributed by atoms with E-state index in [2.05, 4.69) is 10.6 Å². The number of rotatable bonds is 8. The van der Waals surface area contributed by atoms with Crippen molar-refractivity contribution in [2.45, 2.75) is 51.4 Å². The average Bonchev–Trinajstić information content (AvgIpc) is 2.60. The first-order chi connectivity index (χ1) is 12.0. The first-order valence-corrected chi connectivity index (χ1v) is 8.90. The molecule has 0 spiro atoms. The molecule has 3 N–H and O–H groups in total. The maximum Gasteiger partial charge on any atom is 0.303 e. The Kier molecular flexibility index (Phi) is 7.44. The highest BCUT2D eigenvalue weighted by Crippen LogP contribution is 2.25. The zero-order chi connectivity index (χ0) is 18.1. The van der Waals surface area contributed by atoms with Gasteiger partial charge in [-0.2, -0.15) is 0 Å². The minimum atomic E-state index is -0.832. The number of hydrogen-bond donors (Lipinski definition) is 3. The highest BCUT2D eigenvalue weighted by Gasteiger charge is 2.17. The molecule has 6 heteroatoms. The summed E-state index contributed by atoms with van der Waals surface area (Å²) in [5.74, 6) is -0.710. The summed E-state index contributed by atoms with van der Waals surface area (Å²) in [5.41, 5.74) is 1.53. The molecule has 0 atom stereocenters. The van der Waals surface area contributed by atoms with Crippen molar-refractivity contribution in [3.05, 3.63) is 29.8 Å². The van der Waals surface area contributed by atoms with Crippen LogP contribution in [0.3, 0.4) is 0 Å². The van der Waals surface area contributed by atoms with Gasteiger partial charge in [0, 0.05) is 18.5 Å². The summed E-state index contributed by atoms with van der Waals surface area (Å²) >= 11 is 0. The number of carboxylic acids is 1. The monoisotopic (exact) mass is 346 g/mol. The number of carbonyl (C=O) groups excluding carboxylic acids is 2. The van der Waals surface area contributed by atoms with Crippen LogP contribution in [0.15, 0.2) is 24.3 Å². The third-order valence-corrected chi connectivity index (χ3v) is 4.51. The Hall–Kier alpha value is -2.37. The van der Waals surface area contributed by atoms with Crippen LogP contribution in [0.1, 0.15) is 50.5 Å². The molecular formula is C19H26N2O4. The Morgan fingerprint density at radius 1 is 1.00 bits per heavy atom. The smallest absolute Gasteiger partial charge is 0.303 e. The summed E-state index contributed by atoms with van der Waals surface area (Å²) in [5, 5.41) is 14.1. The van der Waals surface area contributed by atoms with Gasteiger partial charge in [0.15, 0.2) is 0 Å². The first-order valence-electron chi connectivity index (χ1n) is 8.90. The van der Waals surface area contributed by atoms with Crippen molar-refractivity contribution in [3.63, 3.8) is 0 Å². The Bertz CT molecular complexity index is 592. The van der Waals surface area contributed by atoms with Crippen molar-refractivity contribution in [3.8, 4) is 0 Å². The normalized spacial score (nSPS) is 14.7. The topological polar surface area (TPSA) is 95.5 Å². The van der Waals surface area contributed by atoms with Gasteiger partial charge in [0.25, 0.3) is 0 Å². The number of nitrogens with one attached hydrogen (secondary N) is 2. The fourth-order valence-electron chi connectivity index (χ4n) is 3.12. The lowest BCUT2D eigenvalue weighted by Crippen LogP contribution is -2.34. The van der Waals surface area contributed by atoms with Crippen LogP contribution >= 0.6 is 0 Å². The molecule has 0 aromatic heterocycles. The van der Waals surface area contributed by atoms with Crippen molar-refractivity contribution in [1.82, 2.24) is 5.32 Å². The van der Waals surface area contributed by atoms with Gasteiger partial charge in [-0.25, -0.2) is 0 Å². The van der Waals surface area contributed by atoms with E-state index in [1.807, 2.05) is 0 Å². The van der Waals surface area contributed by atoms with Gasteiger partial charge in [0.1, 0.15) is 0 Å². The molecule has 1 aromatic rings. The summed E-state index contributed by atoms with van der Waals surface area (Å²) in [4.78, 5) is 34.4. The number of benzene rings is 1. The quantitative estimate of drug-likeness (QED) is 0.674. The number of aliphatic carboxylic acids is 1. The molecule has 0 bridgehead atoms. The van der Waals surface area contributed by atoms with Gasteiger partial charge >= 0.3 is 5.97 Å². The van der Waals surface area contributed by atoms with E-state index in [1.54, 1.807) is 24.3 Å². The van der Waals surface area contributed by atoms with Crippen LogP contribution in [0, 0.1) is 5.92 Å². The lowest BCUT2D eigenvalue weighted by Gasteiger charge is -2.20. The van der Waals surface area contributed by atoms with Crippen molar-refractivity contribution >= 4 is 23.5 Å². The molecule has 0 aliphatic heterocycles. The second-order valence-corrected chi connectivity index (χ2v) is 6.62. The Morgan fingerprint density at radius 3 is 2.32 bits per heavy atom. The molecule has 1 saturated carbocycles. The fourth-order valence-corrected chi connectivity index (χ4v) is 3.12. The van der Waals surface area contributed by atoms with E-state index in [4.69, 9.17) is 5.11 Å². The summed E-state index contributed by atoms with van der Waals surface area (Å²) in [6.07, 6.45) is 6.91. The zero-order valence-corrected chi connectivity index (χ0v) is 14.4. The van der Waals surface area contributed by atoms with Crippen LogP contribution < -0.4 is 10.6 Å². The zero-order valence-electron chi connectivity index (χ0n) is 14.4. The van der Waals surface area contributed by atoms with Gasteiger partial charge in [0.05, 0.1) is 6.54 Å². The van der Waals surface area contributed by atoms with E-state index in [1.165, 1.54) is 19.3 Å². The molecule has 25 heavy (non-hydrogen) atoms. The molecule has 2 amide bonds. The van der Waals surface area contributed by atoms with Crippen LogP contribution in [-0.2, 0) is 20.8 Å². The maximum absolute atomic E-state index is 11.9. The lowest BCUT2D eigenvalue weighted by molar-refractivity contribution is -0.137.